The molecule has 0 radical (unpaired) electrons. The molecule has 0 atom stereocenters. The Kier molecular flexibility index (Phi) is 7.19. The summed E-state index contributed by atoms with van der Waals surface area (Å²) >= 11 is 0. The number of hydrogen-bond acceptors (Lipinski definition) is 3. The smallest absolute Gasteiger partial charge is 0.279 e. The number of para-hydroxylation sites is 1. The van der Waals surface area contributed by atoms with Gasteiger partial charge in [-0.25, -0.2) is 4.39 Å². The fourth-order valence-corrected chi connectivity index (χ4v) is 3.41. The van der Waals surface area contributed by atoms with E-state index >= 15 is 0 Å². The third-order valence-electron chi connectivity index (χ3n) is 5.06. The average molecular weight is 400 g/mol. The van der Waals surface area contributed by atoms with Crippen LogP contribution >= 0.6 is 0 Å². The average Bonchev–Trinajstić information content (AvgIpc) is 2.73. The summed E-state index contributed by atoms with van der Waals surface area (Å²) in [4.78, 5) is 27.6. The highest BCUT2D eigenvalue weighted by Gasteiger charge is 2.25. The minimum atomic E-state index is -0.396. The molecule has 7 heteroatoms. The molecule has 29 heavy (non-hydrogen) atoms. The van der Waals surface area contributed by atoms with Crippen molar-refractivity contribution < 1.29 is 23.6 Å². The molecule has 1 aliphatic rings. The molecule has 2 amide bonds. The highest BCUT2D eigenvalue weighted by atomic mass is 19.1. The molecule has 0 aliphatic carbocycles. The molecule has 1 fully saturated rings. The lowest BCUT2D eigenvalue weighted by Gasteiger charge is -2.31. The first-order valence-corrected chi connectivity index (χ1v) is 9.92. The number of carbonyl (C=O) groups is 2. The number of nitrogens with zero attached hydrogens (tertiary/aromatic N) is 1. The summed E-state index contributed by atoms with van der Waals surface area (Å²) in [5.74, 6) is -0.205. The van der Waals surface area contributed by atoms with E-state index in [0.29, 0.717) is 38.5 Å². The number of carbonyl (C=O) groups excluding carboxylic acids is 2. The fraction of sp³-hybridized carbons (Fsp3) is 0.364. The van der Waals surface area contributed by atoms with Gasteiger partial charge in [-0.1, -0.05) is 31.2 Å². The van der Waals surface area contributed by atoms with Gasteiger partial charge in [0, 0.05) is 11.8 Å². The van der Waals surface area contributed by atoms with Gasteiger partial charge in [0.2, 0.25) is 0 Å². The van der Waals surface area contributed by atoms with Gasteiger partial charge in [0.25, 0.3) is 11.8 Å². The summed E-state index contributed by atoms with van der Waals surface area (Å²) in [5, 5.41) is 2.99. The van der Waals surface area contributed by atoms with E-state index in [1.54, 1.807) is 17.0 Å². The van der Waals surface area contributed by atoms with Crippen LogP contribution in [0.3, 0.4) is 0 Å². The summed E-state index contributed by atoms with van der Waals surface area (Å²) < 4.78 is 18.5. The molecule has 2 N–H and O–H groups in total. The normalized spacial score (nSPS) is 14.5. The number of anilines is 1. The van der Waals surface area contributed by atoms with Crippen molar-refractivity contribution in [3.63, 3.8) is 0 Å². The van der Waals surface area contributed by atoms with Crippen molar-refractivity contribution in [1.29, 1.82) is 0 Å². The predicted molar refractivity (Wildman–Crippen MR) is 108 cm³/mol. The Hall–Kier alpha value is -2.93. The molecule has 2 aromatic rings. The zero-order valence-electron chi connectivity index (χ0n) is 16.6. The van der Waals surface area contributed by atoms with Crippen LogP contribution in [0.5, 0.6) is 5.75 Å². The summed E-state index contributed by atoms with van der Waals surface area (Å²) in [5.41, 5.74) is 1.98. The Bertz CT molecular complexity index is 851. The summed E-state index contributed by atoms with van der Waals surface area (Å²) in [6.07, 6.45) is 0.863. The molecule has 0 saturated carbocycles. The number of rotatable bonds is 7. The van der Waals surface area contributed by atoms with Crippen LogP contribution in [0.25, 0.3) is 0 Å². The van der Waals surface area contributed by atoms with Gasteiger partial charge in [0.05, 0.1) is 26.2 Å². The molecule has 0 unspecified atom stereocenters. The first kappa shape index (κ1) is 20.8. The van der Waals surface area contributed by atoms with Crippen LogP contribution in [0.2, 0.25) is 0 Å². The number of quaternary nitrogens is 1. The van der Waals surface area contributed by atoms with Crippen LogP contribution < -0.4 is 15.0 Å². The maximum atomic E-state index is 13.2. The SMILES string of the molecule is CCc1ccccc1NC(=O)C[NH+]1CCN(C(=O)COc2cccc(F)c2)CC1. The van der Waals surface area contributed by atoms with E-state index in [9.17, 15) is 14.0 Å². The van der Waals surface area contributed by atoms with Crippen LogP contribution in [0.15, 0.2) is 48.5 Å². The molecule has 1 heterocycles. The molecule has 0 bridgehead atoms. The van der Waals surface area contributed by atoms with Gasteiger partial charge in [-0.05, 0) is 30.2 Å². The molecular formula is C22H27FN3O3+. The first-order chi connectivity index (χ1) is 14.0. The Balaban J connectivity index is 1.41. The Morgan fingerprint density at radius 3 is 2.62 bits per heavy atom. The van der Waals surface area contributed by atoms with Gasteiger partial charge < -0.3 is 19.9 Å². The van der Waals surface area contributed by atoms with E-state index in [0.717, 1.165) is 22.6 Å². The number of benzene rings is 2. The quantitative estimate of drug-likeness (QED) is 0.733. The van der Waals surface area contributed by atoms with Crippen molar-refractivity contribution in [3.05, 3.63) is 59.9 Å². The molecule has 1 aliphatic heterocycles. The monoisotopic (exact) mass is 400 g/mol. The lowest BCUT2D eigenvalue weighted by atomic mass is 10.1. The third kappa shape index (κ3) is 6.02. The van der Waals surface area contributed by atoms with Crippen molar-refractivity contribution in [2.45, 2.75) is 13.3 Å². The molecular weight excluding hydrogens is 373 g/mol. The van der Waals surface area contributed by atoms with Gasteiger partial charge in [-0.15, -0.1) is 0 Å². The summed E-state index contributed by atoms with van der Waals surface area (Å²) in [6.45, 7) is 4.86. The minimum Gasteiger partial charge on any atom is -0.484 e. The zero-order valence-corrected chi connectivity index (χ0v) is 16.6. The third-order valence-corrected chi connectivity index (χ3v) is 5.06. The zero-order chi connectivity index (χ0) is 20.6. The van der Waals surface area contributed by atoms with Crippen LogP contribution in [-0.4, -0.2) is 56.0 Å². The molecule has 0 spiro atoms. The Morgan fingerprint density at radius 2 is 1.90 bits per heavy atom. The number of hydrogen-bond donors (Lipinski definition) is 2. The van der Waals surface area contributed by atoms with Crippen LogP contribution in [0.4, 0.5) is 10.1 Å². The van der Waals surface area contributed by atoms with Gasteiger partial charge in [-0.3, -0.25) is 9.59 Å². The highest BCUT2D eigenvalue weighted by Crippen LogP contribution is 2.15. The number of halogens is 1. The maximum absolute atomic E-state index is 13.2. The number of piperazine rings is 1. The predicted octanol–water partition coefficient (Wildman–Crippen LogP) is 1.13. The summed E-state index contributed by atoms with van der Waals surface area (Å²) in [7, 11) is 0. The molecule has 2 aromatic carbocycles. The van der Waals surface area contributed by atoms with Crippen molar-refractivity contribution in [2.75, 3.05) is 44.6 Å². The van der Waals surface area contributed by atoms with Crippen molar-refractivity contribution in [2.24, 2.45) is 0 Å². The van der Waals surface area contributed by atoms with Gasteiger partial charge in [0.15, 0.2) is 13.2 Å². The second-order valence-corrected chi connectivity index (χ2v) is 7.11. The molecule has 154 valence electrons. The van der Waals surface area contributed by atoms with Crippen molar-refractivity contribution in [3.8, 4) is 5.75 Å². The number of ether oxygens (including phenoxy) is 1. The molecule has 6 nitrogen and oxygen atoms in total. The van der Waals surface area contributed by atoms with E-state index < -0.39 is 5.82 Å². The van der Waals surface area contributed by atoms with Gasteiger partial charge in [-0.2, -0.15) is 0 Å². The van der Waals surface area contributed by atoms with Crippen LogP contribution in [0, 0.1) is 5.82 Å². The molecule has 0 aromatic heterocycles. The lowest BCUT2D eigenvalue weighted by molar-refractivity contribution is -0.895. The summed E-state index contributed by atoms with van der Waals surface area (Å²) in [6, 6.07) is 13.6. The number of amides is 2. The first-order valence-electron chi connectivity index (χ1n) is 9.92. The van der Waals surface area contributed by atoms with E-state index in [1.165, 1.54) is 12.1 Å². The lowest BCUT2D eigenvalue weighted by Crippen LogP contribution is -3.15. The maximum Gasteiger partial charge on any atom is 0.279 e. The molecule has 1 saturated heterocycles. The minimum absolute atomic E-state index is 0.0184. The van der Waals surface area contributed by atoms with E-state index in [4.69, 9.17) is 4.74 Å². The highest BCUT2D eigenvalue weighted by molar-refractivity contribution is 5.92. The number of nitrogens with one attached hydrogen (secondary N) is 2. The van der Waals surface area contributed by atoms with Gasteiger partial charge >= 0.3 is 0 Å². The second-order valence-electron chi connectivity index (χ2n) is 7.11. The second kappa shape index (κ2) is 10.0. The van der Waals surface area contributed by atoms with E-state index in [1.807, 2.05) is 24.3 Å². The van der Waals surface area contributed by atoms with E-state index in [-0.39, 0.29) is 18.4 Å². The van der Waals surface area contributed by atoms with Crippen molar-refractivity contribution >= 4 is 17.5 Å². The standard InChI is InChI=1S/C22H26FN3O3/c1-2-17-6-3-4-9-20(17)24-21(27)15-25-10-12-26(13-11-25)22(28)16-29-19-8-5-7-18(23)14-19/h3-9,14H,2,10-13,15-16H2,1H3,(H,24,27)/p+1. The fourth-order valence-electron chi connectivity index (χ4n) is 3.41. The Labute approximate surface area is 170 Å². The van der Waals surface area contributed by atoms with Gasteiger partial charge in [0.1, 0.15) is 11.6 Å². The van der Waals surface area contributed by atoms with Crippen molar-refractivity contribution in [1.82, 2.24) is 4.90 Å². The van der Waals surface area contributed by atoms with E-state index in [2.05, 4.69) is 12.2 Å². The largest absolute Gasteiger partial charge is 0.484 e. The topological polar surface area (TPSA) is 63.1 Å². The molecule has 3 rings (SSSR count). The number of aryl methyl sites for hydroxylation is 1. The van der Waals surface area contributed by atoms with Crippen LogP contribution in [0.1, 0.15) is 12.5 Å². The Morgan fingerprint density at radius 1 is 1.14 bits per heavy atom. The van der Waals surface area contributed by atoms with Crippen LogP contribution in [-0.2, 0) is 16.0 Å².